The summed E-state index contributed by atoms with van der Waals surface area (Å²) in [6, 6.07) is 8.42. The lowest BCUT2D eigenvalue weighted by Crippen LogP contribution is -2.19. The van der Waals surface area contributed by atoms with E-state index >= 15 is 0 Å². The lowest BCUT2D eigenvalue weighted by atomic mass is 10.2. The van der Waals surface area contributed by atoms with Gasteiger partial charge in [-0.05, 0) is 62.2 Å². The van der Waals surface area contributed by atoms with Gasteiger partial charge in [0, 0.05) is 19.5 Å². The highest BCUT2D eigenvalue weighted by atomic mass is 79.9. The van der Waals surface area contributed by atoms with Gasteiger partial charge >= 0.3 is 5.97 Å². The molecule has 1 aromatic carbocycles. The van der Waals surface area contributed by atoms with E-state index in [9.17, 15) is 9.90 Å². The molecular weight excluding hydrogens is 462 g/mol. The third-order valence-corrected chi connectivity index (χ3v) is 6.20. The SMILES string of the molecule is O=C(O)C(Nc1ccc(Br)cc1)c1cc(Br)c(Br)s1. The Labute approximate surface area is 139 Å². The molecule has 0 fully saturated rings. The van der Waals surface area contributed by atoms with E-state index in [4.69, 9.17) is 0 Å². The molecule has 2 rings (SSSR count). The van der Waals surface area contributed by atoms with E-state index in [0.29, 0.717) is 0 Å². The fourth-order valence-electron chi connectivity index (χ4n) is 1.47. The summed E-state index contributed by atoms with van der Waals surface area (Å²) in [5.74, 6) is -0.913. The molecule has 0 radical (unpaired) electrons. The number of carboxylic acids is 1. The average molecular weight is 470 g/mol. The van der Waals surface area contributed by atoms with Gasteiger partial charge in [0.15, 0.2) is 6.04 Å². The zero-order chi connectivity index (χ0) is 14.0. The molecule has 0 aliphatic carbocycles. The van der Waals surface area contributed by atoms with Crippen molar-refractivity contribution >= 4 is 70.8 Å². The first-order chi connectivity index (χ1) is 8.97. The summed E-state index contributed by atoms with van der Waals surface area (Å²) >= 11 is 11.5. The minimum atomic E-state index is -0.913. The molecule has 7 heteroatoms. The van der Waals surface area contributed by atoms with E-state index < -0.39 is 12.0 Å². The highest BCUT2D eigenvalue weighted by Crippen LogP contribution is 2.36. The summed E-state index contributed by atoms with van der Waals surface area (Å²) in [7, 11) is 0. The predicted molar refractivity (Wildman–Crippen MR) is 87.9 cm³/mol. The Hall–Kier alpha value is -0.370. The molecule has 2 aromatic rings. The maximum atomic E-state index is 11.4. The largest absolute Gasteiger partial charge is 0.479 e. The van der Waals surface area contributed by atoms with Crippen LogP contribution in [0.2, 0.25) is 0 Å². The normalized spacial score (nSPS) is 12.2. The number of nitrogens with one attached hydrogen (secondary N) is 1. The Morgan fingerprint density at radius 3 is 2.32 bits per heavy atom. The van der Waals surface area contributed by atoms with Crippen molar-refractivity contribution < 1.29 is 9.90 Å². The van der Waals surface area contributed by atoms with Crippen LogP contribution in [-0.4, -0.2) is 11.1 Å². The van der Waals surface area contributed by atoms with Crippen LogP contribution < -0.4 is 5.32 Å². The van der Waals surface area contributed by atoms with Crippen LogP contribution in [0, 0.1) is 0 Å². The second kappa shape index (κ2) is 6.39. The molecule has 19 heavy (non-hydrogen) atoms. The fraction of sp³-hybridized carbons (Fsp3) is 0.0833. The van der Waals surface area contributed by atoms with E-state index in [1.807, 2.05) is 24.3 Å². The quantitative estimate of drug-likeness (QED) is 0.641. The summed E-state index contributed by atoms with van der Waals surface area (Å²) in [5.41, 5.74) is 0.760. The number of rotatable bonds is 4. The third kappa shape index (κ3) is 3.81. The molecule has 0 amide bonds. The lowest BCUT2D eigenvalue weighted by molar-refractivity contribution is -0.138. The van der Waals surface area contributed by atoms with Crippen molar-refractivity contribution in [1.82, 2.24) is 0 Å². The molecule has 3 nitrogen and oxygen atoms in total. The van der Waals surface area contributed by atoms with Crippen LogP contribution in [0.4, 0.5) is 5.69 Å². The van der Waals surface area contributed by atoms with Crippen molar-refractivity contribution in [2.45, 2.75) is 6.04 Å². The average Bonchev–Trinajstić information content (AvgIpc) is 2.68. The molecule has 0 saturated carbocycles. The summed E-state index contributed by atoms with van der Waals surface area (Å²) in [6.45, 7) is 0. The van der Waals surface area contributed by atoms with Gasteiger partial charge in [0.25, 0.3) is 0 Å². The second-order valence-corrected chi connectivity index (χ2v) is 7.86. The van der Waals surface area contributed by atoms with Gasteiger partial charge in [-0.1, -0.05) is 15.9 Å². The smallest absolute Gasteiger partial charge is 0.331 e. The Balaban J connectivity index is 2.26. The van der Waals surface area contributed by atoms with E-state index in [1.54, 1.807) is 6.07 Å². The van der Waals surface area contributed by atoms with E-state index in [0.717, 1.165) is 23.3 Å². The lowest BCUT2D eigenvalue weighted by Gasteiger charge is -2.14. The molecule has 0 spiro atoms. The number of halogens is 3. The van der Waals surface area contributed by atoms with Crippen LogP contribution in [0.5, 0.6) is 0 Å². The van der Waals surface area contributed by atoms with Crippen molar-refractivity contribution in [2.24, 2.45) is 0 Å². The van der Waals surface area contributed by atoms with Crippen LogP contribution in [0.3, 0.4) is 0 Å². The second-order valence-electron chi connectivity index (χ2n) is 3.69. The van der Waals surface area contributed by atoms with Gasteiger partial charge in [-0.3, -0.25) is 0 Å². The Kier molecular flexibility index (Phi) is 5.05. The summed E-state index contributed by atoms with van der Waals surface area (Å²) in [6.07, 6.45) is 0. The molecule has 1 heterocycles. The molecule has 1 unspecified atom stereocenters. The van der Waals surface area contributed by atoms with Crippen LogP contribution >= 0.6 is 59.1 Å². The van der Waals surface area contributed by atoms with Gasteiger partial charge in [-0.15, -0.1) is 11.3 Å². The van der Waals surface area contributed by atoms with Gasteiger partial charge in [0.2, 0.25) is 0 Å². The Bertz CT molecular complexity index is 578. The number of aliphatic carboxylic acids is 1. The van der Waals surface area contributed by atoms with E-state index in [-0.39, 0.29) is 0 Å². The number of carboxylic acid groups (broad SMARTS) is 1. The third-order valence-electron chi connectivity index (χ3n) is 2.35. The van der Waals surface area contributed by atoms with Crippen LogP contribution in [0.15, 0.2) is 43.1 Å². The van der Waals surface area contributed by atoms with Crippen molar-refractivity contribution in [3.8, 4) is 0 Å². The van der Waals surface area contributed by atoms with Crippen molar-refractivity contribution in [3.05, 3.63) is 47.9 Å². The van der Waals surface area contributed by atoms with Gasteiger partial charge in [-0.2, -0.15) is 0 Å². The summed E-state index contributed by atoms with van der Waals surface area (Å²) < 4.78 is 2.69. The molecule has 1 atom stereocenters. The number of carbonyl (C=O) groups is 1. The van der Waals surface area contributed by atoms with Crippen LogP contribution in [0.1, 0.15) is 10.9 Å². The van der Waals surface area contributed by atoms with Crippen molar-refractivity contribution in [3.63, 3.8) is 0 Å². The first kappa shape index (κ1) is 15.0. The molecule has 1 aromatic heterocycles. The Morgan fingerprint density at radius 1 is 1.21 bits per heavy atom. The summed E-state index contributed by atoms with van der Waals surface area (Å²) in [4.78, 5) is 12.1. The van der Waals surface area contributed by atoms with Gasteiger partial charge in [-0.25, -0.2) is 4.79 Å². The maximum Gasteiger partial charge on any atom is 0.331 e. The number of hydrogen-bond donors (Lipinski definition) is 2. The zero-order valence-electron chi connectivity index (χ0n) is 9.36. The summed E-state index contributed by atoms with van der Waals surface area (Å²) in [5, 5.41) is 12.4. The number of anilines is 1. The van der Waals surface area contributed by atoms with Gasteiger partial charge in [0.05, 0.1) is 3.79 Å². The molecule has 0 bridgehead atoms. The Morgan fingerprint density at radius 2 is 1.84 bits per heavy atom. The molecular formula is C12H8Br3NO2S. The number of hydrogen-bond acceptors (Lipinski definition) is 3. The first-order valence-electron chi connectivity index (χ1n) is 5.17. The zero-order valence-corrected chi connectivity index (χ0v) is 14.9. The van der Waals surface area contributed by atoms with Gasteiger partial charge in [0.1, 0.15) is 0 Å². The fourth-order valence-corrected chi connectivity index (χ4v) is 3.87. The molecule has 2 N–H and O–H groups in total. The highest BCUT2D eigenvalue weighted by molar-refractivity contribution is 9.13. The van der Waals surface area contributed by atoms with Crippen LogP contribution in [-0.2, 0) is 4.79 Å². The molecule has 100 valence electrons. The highest BCUT2D eigenvalue weighted by Gasteiger charge is 2.22. The first-order valence-corrected chi connectivity index (χ1v) is 8.36. The maximum absolute atomic E-state index is 11.4. The standard InChI is InChI=1S/C12H8Br3NO2S/c13-6-1-3-7(4-2-6)16-10(12(17)18)9-5-8(14)11(15)19-9/h1-5,10,16H,(H,17,18). The number of benzene rings is 1. The molecule has 0 aliphatic heterocycles. The monoisotopic (exact) mass is 467 g/mol. The predicted octanol–water partition coefficient (Wildman–Crippen LogP) is 5.27. The molecule has 0 saturated heterocycles. The van der Waals surface area contributed by atoms with Crippen molar-refractivity contribution in [2.75, 3.05) is 5.32 Å². The topological polar surface area (TPSA) is 49.3 Å². The van der Waals surface area contributed by atoms with Crippen molar-refractivity contribution in [1.29, 1.82) is 0 Å². The molecule has 0 aliphatic rings. The minimum Gasteiger partial charge on any atom is -0.479 e. The van der Waals surface area contributed by atoms with E-state index in [2.05, 4.69) is 53.1 Å². The van der Waals surface area contributed by atoms with Crippen LogP contribution in [0.25, 0.3) is 0 Å². The van der Waals surface area contributed by atoms with E-state index in [1.165, 1.54) is 11.3 Å². The van der Waals surface area contributed by atoms with Gasteiger partial charge < -0.3 is 10.4 Å². The minimum absolute atomic E-state index is 0.731. The number of thiophene rings is 1.